The molecule has 4 heteroatoms. The maximum absolute atomic E-state index is 11.1. The summed E-state index contributed by atoms with van der Waals surface area (Å²) < 4.78 is 0. The van der Waals surface area contributed by atoms with Crippen molar-refractivity contribution in [2.24, 2.45) is 5.73 Å². The van der Waals surface area contributed by atoms with Gasteiger partial charge in [-0.15, -0.1) is 0 Å². The van der Waals surface area contributed by atoms with Crippen molar-refractivity contribution in [3.05, 3.63) is 29.3 Å². The number of anilines is 1. The van der Waals surface area contributed by atoms with Crippen LogP contribution in [0.1, 0.15) is 6.42 Å². The van der Waals surface area contributed by atoms with Crippen LogP contribution in [0.2, 0.25) is 5.02 Å². The third-order valence-corrected chi connectivity index (χ3v) is 1.75. The number of halogens is 1. The van der Waals surface area contributed by atoms with E-state index in [2.05, 4.69) is 5.32 Å². The average Bonchev–Trinajstić information content (AvgIpc) is 2.09. The predicted molar refractivity (Wildman–Crippen MR) is 53.8 cm³/mol. The lowest BCUT2D eigenvalue weighted by Gasteiger charge is -2.03. The Labute approximate surface area is 81.9 Å². The minimum Gasteiger partial charge on any atom is -0.330 e. The van der Waals surface area contributed by atoms with Crippen LogP contribution in [0, 0.1) is 0 Å². The molecule has 3 N–H and O–H groups in total. The highest BCUT2D eigenvalue weighted by Crippen LogP contribution is 2.13. The second-order valence-electron chi connectivity index (χ2n) is 2.59. The zero-order valence-corrected chi connectivity index (χ0v) is 7.84. The summed E-state index contributed by atoms with van der Waals surface area (Å²) in [6.07, 6.45) is 0.336. The molecule has 0 aliphatic rings. The monoisotopic (exact) mass is 198 g/mol. The molecule has 0 aromatic heterocycles. The van der Waals surface area contributed by atoms with E-state index < -0.39 is 0 Å². The Morgan fingerprint density at radius 3 is 2.54 bits per heavy atom. The van der Waals surface area contributed by atoms with Gasteiger partial charge in [-0.1, -0.05) is 11.6 Å². The number of benzene rings is 1. The van der Waals surface area contributed by atoms with E-state index in [9.17, 15) is 4.79 Å². The van der Waals surface area contributed by atoms with Crippen molar-refractivity contribution < 1.29 is 4.79 Å². The molecule has 0 bridgehead atoms. The molecule has 3 nitrogen and oxygen atoms in total. The maximum Gasteiger partial charge on any atom is 0.225 e. The van der Waals surface area contributed by atoms with Gasteiger partial charge in [0, 0.05) is 23.7 Å². The van der Waals surface area contributed by atoms with E-state index >= 15 is 0 Å². The van der Waals surface area contributed by atoms with Crippen LogP contribution >= 0.6 is 11.6 Å². The quantitative estimate of drug-likeness (QED) is 0.776. The highest BCUT2D eigenvalue weighted by atomic mass is 35.5. The van der Waals surface area contributed by atoms with Gasteiger partial charge in [-0.05, 0) is 24.3 Å². The van der Waals surface area contributed by atoms with Crippen molar-refractivity contribution in [2.75, 3.05) is 11.9 Å². The van der Waals surface area contributed by atoms with Gasteiger partial charge in [0.1, 0.15) is 0 Å². The fourth-order valence-corrected chi connectivity index (χ4v) is 1.01. The fourth-order valence-electron chi connectivity index (χ4n) is 0.888. The number of nitrogens with two attached hydrogens (primary N) is 1. The largest absolute Gasteiger partial charge is 0.330 e. The molecule has 0 spiro atoms. The smallest absolute Gasteiger partial charge is 0.225 e. The molecule has 0 saturated heterocycles. The van der Waals surface area contributed by atoms with Crippen LogP contribution in [0.3, 0.4) is 0 Å². The van der Waals surface area contributed by atoms with Gasteiger partial charge in [0.05, 0.1) is 0 Å². The SMILES string of the molecule is NCCC(=O)Nc1ccc(Cl)cc1. The van der Waals surface area contributed by atoms with Crippen LogP contribution in [-0.2, 0) is 4.79 Å². The van der Waals surface area contributed by atoms with E-state index in [1.54, 1.807) is 24.3 Å². The molecule has 1 amide bonds. The number of carbonyl (C=O) groups is 1. The standard InChI is InChI=1S/C9H11ClN2O/c10-7-1-3-8(4-2-7)12-9(13)5-6-11/h1-4H,5-6,11H2,(H,12,13). The Morgan fingerprint density at radius 2 is 2.00 bits per heavy atom. The van der Waals surface area contributed by atoms with Gasteiger partial charge >= 0.3 is 0 Å². The topological polar surface area (TPSA) is 55.1 Å². The summed E-state index contributed by atoms with van der Waals surface area (Å²) in [5.41, 5.74) is 5.96. The Hall–Kier alpha value is -1.06. The summed E-state index contributed by atoms with van der Waals surface area (Å²) >= 11 is 5.68. The molecular formula is C9H11ClN2O. The minimum atomic E-state index is -0.0789. The molecule has 0 saturated carbocycles. The number of carbonyl (C=O) groups excluding carboxylic acids is 1. The van der Waals surface area contributed by atoms with E-state index in [0.717, 1.165) is 5.69 Å². The summed E-state index contributed by atoms with van der Waals surface area (Å²) in [6.45, 7) is 0.361. The number of nitrogens with one attached hydrogen (secondary N) is 1. The minimum absolute atomic E-state index is 0.0789. The van der Waals surface area contributed by atoms with Crippen LogP contribution in [0.15, 0.2) is 24.3 Å². The normalized spacial score (nSPS) is 9.69. The molecular weight excluding hydrogens is 188 g/mol. The maximum atomic E-state index is 11.1. The Balaban J connectivity index is 2.54. The first-order valence-corrected chi connectivity index (χ1v) is 4.35. The van der Waals surface area contributed by atoms with Crippen molar-refractivity contribution in [3.63, 3.8) is 0 Å². The highest BCUT2D eigenvalue weighted by Gasteiger charge is 1.99. The molecule has 70 valence electrons. The molecule has 0 radical (unpaired) electrons. The lowest BCUT2D eigenvalue weighted by Crippen LogP contribution is -2.15. The first kappa shape index (κ1) is 10.0. The van der Waals surface area contributed by atoms with E-state index in [-0.39, 0.29) is 5.91 Å². The van der Waals surface area contributed by atoms with Gasteiger partial charge in [-0.3, -0.25) is 4.79 Å². The zero-order valence-electron chi connectivity index (χ0n) is 7.09. The lowest BCUT2D eigenvalue weighted by molar-refractivity contribution is -0.116. The Kier molecular flexibility index (Phi) is 3.73. The lowest BCUT2D eigenvalue weighted by atomic mass is 10.3. The van der Waals surface area contributed by atoms with Crippen LogP contribution in [0.25, 0.3) is 0 Å². The van der Waals surface area contributed by atoms with Crippen LogP contribution in [0.4, 0.5) is 5.69 Å². The molecule has 1 rings (SSSR count). The molecule has 0 aliphatic heterocycles. The van der Waals surface area contributed by atoms with Crippen molar-refractivity contribution in [2.45, 2.75) is 6.42 Å². The molecule has 0 unspecified atom stereocenters. The van der Waals surface area contributed by atoms with Crippen LogP contribution < -0.4 is 11.1 Å². The van der Waals surface area contributed by atoms with E-state index in [1.807, 2.05) is 0 Å². The summed E-state index contributed by atoms with van der Waals surface area (Å²) in [5, 5.41) is 3.34. The van der Waals surface area contributed by atoms with Gasteiger partial charge in [0.2, 0.25) is 5.91 Å². The van der Waals surface area contributed by atoms with Gasteiger partial charge in [0.15, 0.2) is 0 Å². The number of amides is 1. The highest BCUT2D eigenvalue weighted by molar-refractivity contribution is 6.30. The molecule has 0 heterocycles. The second-order valence-corrected chi connectivity index (χ2v) is 3.03. The number of rotatable bonds is 3. The van der Waals surface area contributed by atoms with E-state index in [1.165, 1.54) is 0 Å². The zero-order chi connectivity index (χ0) is 9.68. The summed E-state index contributed by atoms with van der Waals surface area (Å²) in [6, 6.07) is 6.94. The van der Waals surface area contributed by atoms with Gasteiger partial charge in [0.25, 0.3) is 0 Å². The molecule has 0 aliphatic carbocycles. The number of hydrogen-bond acceptors (Lipinski definition) is 2. The first-order chi connectivity index (χ1) is 6.22. The fraction of sp³-hybridized carbons (Fsp3) is 0.222. The Bertz CT molecular complexity index is 284. The van der Waals surface area contributed by atoms with Crippen LogP contribution in [-0.4, -0.2) is 12.5 Å². The average molecular weight is 199 g/mol. The summed E-state index contributed by atoms with van der Waals surface area (Å²) in [5.74, 6) is -0.0789. The third-order valence-electron chi connectivity index (χ3n) is 1.50. The molecule has 1 aromatic rings. The molecule has 0 atom stereocenters. The van der Waals surface area contributed by atoms with Crippen molar-refractivity contribution >= 4 is 23.2 Å². The molecule has 1 aromatic carbocycles. The van der Waals surface area contributed by atoms with Gasteiger partial charge < -0.3 is 11.1 Å². The van der Waals surface area contributed by atoms with Crippen molar-refractivity contribution in [1.29, 1.82) is 0 Å². The summed E-state index contributed by atoms with van der Waals surface area (Å²) in [4.78, 5) is 11.1. The van der Waals surface area contributed by atoms with Crippen LogP contribution in [0.5, 0.6) is 0 Å². The van der Waals surface area contributed by atoms with E-state index in [4.69, 9.17) is 17.3 Å². The van der Waals surface area contributed by atoms with Gasteiger partial charge in [-0.2, -0.15) is 0 Å². The van der Waals surface area contributed by atoms with Gasteiger partial charge in [-0.25, -0.2) is 0 Å². The summed E-state index contributed by atoms with van der Waals surface area (Å²) in [7, 11) is 0. The first-order valence-electron chi connectivity index (χ1n) is 3.98. The Morgan fingerprint density at radius 1 is 1.38 bits per heavy atom. The third kappa shape index (κ3) is 3.44. The predicted octanol–water partition coefficient (Wildman–Crippen LogP) is 1.63. The van der Waals surface area contributed by atoms with Crippen molar-refractivity contribution in [3.8, 4) is 0 Å². The second kappa shape index (κ2) is 4.84. The van der Waals surface area contributed by atoms with Crippen molar-refractivity contribution in [1.82, 2.24) is 0 Å². The van der Waals surface area contributed by atoms with E-state index in [0.29, 0.717) is 18.0 Å². The molecule has 13 heavy (non-hydrogen) atoms. The number of hydrogen-bond donors (Lipinski definition) is 2. The molecule has 0 fully saturated rings.